The molecule has 0 saturated heterocycles. The summed E-state index contributed by atoms with van der Waals surface area (Å²) in [6, 6.07) is 6.98. The molecule has 0 radical (unpaired) electrons. The van der Waals surface area contributed by atoms with E-state index in [0.29, 0.717) is 23.6 Å². The highest BCUT2D eigenvalue weighted by Gasteiger charge is 2.31. The van der Waals surface area contributed by atoms with Crippen molar-refractivity contribution >= 4 is 11.9 Å². The smallest absolute Gasteiger partial charge is 0.326 e. The van der Waals surface area contributed by atoms with Gasteiger partial charge in [-0.1, -0.05) is 25.0 Å². The summed E-state index contributed by atoms with van der Waals surface area (Å²) in [5, 5.41) is 16.2. The van der Waals surface area contributed by atoms with Crippen LogP contribution in [0.5, 0.6) is 0 Å². The van der Waals surface area contributed by atoms with E-state index >= 15 is 0 Å². The number of aliphatic carboxylic acids is 1. The number of rotatable bonds is 6. The van der Waals surface area contributed by atoms with Crippen LogP contribution in [0.3, 0.4) is 0 Å². The molecule has 1 atom stereocenters. The molecule has 1 unspecified atom stereocenters. The lowest BCUT2D eigenvalue weighted by atomic mass is 10.1. The third kappa shape index (κ3) is 3.48. The Labute approximate surface area is 140 Å². The molecule has 1 aromatic heterocycles. The molecule has 1 aliphatic carbocycles. The molecule has 2 aromatic rings. The Morgan fingerprint density at radius 2 is 2.12 bits per heavy atom. The molecule has 1 saturated carbocycles. The molecule has 1 fully saturated rings. The van der Waals surface area contributed by atoms with Gasteiger partial charge in [-0.3, -0.25) is 4.79 Å². The zero-order valence-corrected chi connectivity index (χ0v) is 13.8. The van der Waals surface area contributed by atoms with E-state index in [1.807, 2.05) is 31.2 Å². The van der Waals surface area contributed by atoms with Crippen LogP contribution in [0.15, 0.2) is 30.5 Å². The number of hydrogen-bond donors (Lipinski definition) is 2. The summed E-state index contributed by atoms with van der Waals surface area (Å²) in [5.41, 5.74) is 3.07. The third-order valence-corrected chi connectivity index (χ3v) is 4.37. The fourth-order valence-corrected chi connectivity index (χ4v) is 2.80. The molecule has 2 N–H and O–H groups in total. The maximum atomic E-state index is 12.5. The van der Waals surface area contributed by atoms with Crippen LogP contribution in [0, 0.1) is 19.8 Å². The van der Waals surface area contributed by atoms with Crippen LogP contribution >= 0.6 is 0 Å². The molecule has 0 spiro atoms. The van der Waals surface area contributed by atoms with Gasteiger partial charge in [-0.15, -0.1) is 0 Å². The maximum Gasteiger partial charge on any atom is 0.326 e. The minimum Gasteiger partial charge on any atom is -0.480 e. The second kappa shape index (κ2) is 6.47. The molecule has 0 aliphatic heterocycles. The quantitative estimate of drug-likeness (QED) is 0.853. The molecule has 24 heavy (non-hydrogen) atoms. The third-order valence-electron chi connectivity index (χ3n) is 4.37. The molecule has 1 amide bonds. The number of carboxylic acids is 1. The Morgan fingerprint density at radius 1 is 1.38 bits per heavy atom. The first kappa shape index (κ1) is 16.2. The second-order valence-corrected chi connectivity index (χ2v) is 6.44. The average molecular weight is 327 g/mol. The molecule has 3 rings (SSSR count). The van der Waals surface area contributed by atoms with Crippen molar-refractivity contribution in [3.05, 3.63) is 47.3 Å². The molecule has 6 heteroatoms. The first-order chi connectivity index (χ1) is 11.5. The molecule has 126 valence electrons. The first-order valence-corrected chi connectivity index (χ1v) is 8.11. The van der Waals surface area contributed by atoms with Gasteiger partial charge in [0.25, 0.3) is 5.91 Å². The summed E-state index contributed by atoms with van der Waals surface area (Å²) in [6.45, 7) is 3.80. The van der Waals surface area contributed by atoms with E-state index < -0.39 is 12.0 Å². The van der Waals surface area contributed by atoms with Crippen LogP contribution in [0.2, 0.25) is 0 Å². The van der Waals surface area contributed by atoms with E-state index in [-0.39, 0.29) is 5.91 Å². The standard InChI is InChI=1S/C18H21N3O3/c1-11-4-3-5-14(8-11)21-12(2)15(10-19-21)17(22)20-16(18(23)24)9-13-6-7-13/h3-5,8,10,13,16H,6-7,9H2,1-2H3,(H,20,22)(H,23,24). The number of carboxylic acid groups (broad SMARTS) is 1. The van der Waals surface area contributed by atoms with Crippen LogP contribution in [0.1, 0.15) is 40.9 Å². The lowest BCUT2D eigenvalue weighted by Gasteiger charge is -2.14. The highest BCUT2D eigenvalue weighted by molar-refractivity contribution is 5.97. The predicted molar refractivity (Wildman–Crippen MR) is 89.3 cm³/mol. The van der Waals surface area contributed by atoms with E-state index in [9.17, 15) is 14.7 Å². The normalized spacial score (nSPS) is 15.1. The maximum absolute atomic E-state index is 12.5. The van der Waals surface area contributed by atoms with E-state index in [1.165, 1.54) is 6.20 Å². The summed E-state index contributed by atoms with van der Waals surface area (Å²) in [4.78, 5) is 23.8. The van der Waals surface area contributed by atoms with E-state index in [2.05, 4.69) is 10.4 Å². The van der Waals surface area contributed by atoms with Crippen molar-refractivity contribution in [3.8, 4) is 5.69 Å². The molecule has 0 bridgehead atoms. The Kier molecular flexibility index (Phi) is 4.38. The van der Waals surface area contributed by atoms with Crippen LogP contribution in [-0.2, 0) is 4.79 Å². The fraction of sp³-hybridized carbons (Fsp3) is 0.389. The van der Waals surface area contributed by atoms with Gasteiger partial charge in [0.2, 0.25) is 0 Å². The SMILES string of the molecule is Cc1cccc(-n2ncc(C(=O)NC(CC3CC3)C(=O)O)c2C)c1. The number of hydrogen-bond acceptors (Lipinski definition) is 3. The number of carbonyl (C=O) groups is 2. The average Bonchev–Trinajstić information content (AvgIpc) is 3.26. The number of nitrogens with one attached hydrogen (secondary N) is 1. The highest BCUT2D eigenvalue weighted by atomic mass is 16.4. The van der Waals surface area contributed by atoms with Crippen molar-refractivity contribution in [2.24, 2.45) is 5.92 Å². The van der Waals surface area contributed by atoms with E-state index in [0.717, 1.165) is 24.1 Å². The largest absolute Gasteiger partial charge is 0.480 e. The van der Waals surface area contributed by atoms with Crippen molar-refractivity contribution in [1.82, 2.24) is 15.1 Å². The van der Waals surface area contributed by atoms with Crippen LogP contribution in [0.25, 0.3) is 5.69 Å². The molecule has 6 nitrogen and oxygen atoms in total. The minimum absolute atomic E-state index is 0.389. The van der Waals surface area contributed by atoms with Crippen molar-refractivity contribution in [3.63, 3.8) is 0 Å². The summed E-state index contributed by atoms with van der Waals surface area (Å²) in [6.07, 6.45) is 4.07. The molecular weight excluding hydrogens is 306 g/mol. The van der Waals surface area contributed by atoms with Gasteiger partial charge in [0.05, 0.1) is 23.1 Å². The number of aryl methyl sites for hydroxylation is 1. The van der Waals surface area contributed by atoms with Gasteiger partial charge >= 0.3 is 5.97 Å². The van der Waals surface area contributed by atoms with Crippen molar-refractivity contribution in [2.75, 3.05) is 0 Å². The molecule has 1 aliphatic rings. The Balaban J connectivity index is 1.79. The number of aromatic nitrogens is 2. The van der Waals surface area contributed by atoms with E-state index in [4.69, 9.17) is 0 Å². The molecular formula is C18H21N3O3. The summed E-state index contributed by atoms with van der Waals surface area (Å²) in [5.74, 6) is -0.957. The van der Waals surface area contributed by atoms with Crippen LogP contribution in [0.4, 0.5) is 0 Å². The van der Waals surface area contributed by atoms with Crippen molar-refractivity contribution in [2.45, 2.75) is 39.2 Å². The lowest BCUT2D eigenvalue weighted by Crippen LogP contribution is -2.41. The number of nitrogens with zero attached hydrogens (tertiary/aromatic N) is 2. The monoisotopic (exact) mass is 327 g/mol. The molecule has 1 aromatic carbocycles. The molecule has 1 heterocycles. The van der Waals surface area contributed by atoms with Crippen molar-refractivity contribution < 1.29 is 14.7 Å². The van der Waals surface area contributed by atoms with Gasteiger partial charge in [0.15, 0.2) is 0 Å². The second-order valence-electron chi connectivity index (χ2n) is 6.44. The summed E-state index contributed by atoms with van der Waals surface area (Å²) < 4.78 is 1.69. The Morgan fingerprint density at radius 3 is 2.75 bits per heavy atom. The van der Waals surface area contributed by atoms with Gasteiger partial charge in [-0.25, -0.2) is 9.48 Å². The zero-order chi connectivity index (χ0) is 17.3. The zero-order valence-electron chi connectivity index (χ0n) is 13.8. The lowest BCUT2D eigenvalue weighted by molar-refractivity contribution is -0.139. The van der Waals surface area contributed by atoms with Gasteiger partial charge in [0.1, 0.15) is 6.04 Å². The van der Waals surface area contributed by atoms with E-state index in [1.54, 1.807) is 11.6 Å². The highest BCUT2D eigenvalue weighted by Crippen LogP contribution is 2.33. The Hall–Kier alpha value is -2.63. The van der Waals surface area contributed by atoms with Gasteiger partial charge in [-0.05, 0) is 43.9 Å². The minimum atomic E-state index is -0.987. The number of amides is 1. The fourth-order valence-electron chi connectivity index (χ4n) is 2.80. The summed E-state index contributed by atoms with van der Waals surface area (Å²) in [7, 11) is 0. The van der Waals surface area contributed by atoms with Crippen molar-refractivity contribution in [1.29, 1.82) is 0 Å². The topological polar surface area (TPSA) is 84.2 Å². The first-order valence-electron chi connectivity index (χ1n) is 8.11. The number of benzene rings is 1. The Bertz CT molecular complexity index is 778. The van der Waals surface area contributed by atoms with Gasteiger partial charge < -0.3 is 10.4 Å². The van der Waals surface area contributed by atoms with Crippen LogP contribution in [-0.4, -0.2) is 32.8 Å². The summed E-state index contributed by atoms with van der Waals surface area (Å²) >= 11 is 0. The predicted octanol–water partition coefficient (Wildman–Crippen LogP) is 2.47. The van der Waals surface area contributed by atoms with Gasteiger partial charge in [-0.2, -0.15) is 5.10 Å². The number of carbonyl (C=O) groups excluding carboxylic acids is 1. The van der Waals surface area contributed by atoms with Gasteiger partial charge in [0, 0.05) is 0 Å². The van der Waals surface area contributed by atoms with Crippen LogP contribution < -0.4 is 5.32 Å².